The van der Waals surface area contributed by atoms with Crippen LogP contribution in [0.5, 0.6) is 0 Å². The number of hydrogen-bond donors (Lipinski definition) is 2. The molecule has 2 N–H and O–H groups in total. The van der Waals surface area contributed by atoms with E-state index < -0.39 is 0 Å². The van der Waals surface area contributed by atoms with Gasteiger partial charge < -0.3 is 10.6 Å². The molecule has 3 nitrogen and oxygen atoms in total. The van der Waals surface area contributed by atoms with Crippen LogP contribution in [-0.4, -0.2) is 37.6 Å². The topological polar surface area (TPSA) is 36.4 Å². The normalized spacial score (nSPS) is 12.5. The molecule has 1 atom stereocenters. The zero-order valence-electron chi connectivity index (χ0n) is 13.5. The summed E-state index contributed by atoms with van der Waals surface area (Å²) in [5, 5.41) is 6.65. The average Bonchev–Trinajstić information content (AvgIpc) is 2.44. The first kappa shape index (κ1) is 20.6. The Morgan fingerprint density at radius 1 is 1.33 bits per heavy atom. The Hall–Kier alpha value is -0.430. The Morgan fingerprint density at radius 3 is 2.71 bits per heavy atom. The number of guanidine groups is 1. The maximum Gasteiger partial charge on any atom is 0.191 e. The number of benzene rings is 1. The molecule has 0 aliphatic rings. The number of nitrogens with zero attached hydrogens (tertiary/aromatic N) is 1. The van der Waals surface area contributed by atoms with Gasteiger partial charge in [0.25, 0.3) is 0 Å². The van der Waals surface area contributed by atoms with Crippen LogP contribution in [0.1, 0.15) is 30.9 Å². The van der Waals surface area contributed by atoms with Crippen molar-refractivity contribution in [2.24, 2.45) is 4.99 Å². The lowest BCUT2D eigenvalue weighted by Crippen LogP contribution is -2.38. The second-order valence-corrected chi connectivity index (χ2v) is 5.94. The minimum Gasteiger partial charge on any atom is -0.357 e. The summed E-state index contributed by atoms with van der Waals surface area (Å²) in [6.45, 7) is 9.10. The lowest BCUT2D eigenvalue weighted by Gasteiger charge is -2.14. The summed E-state index contributed by atoms with van der Waals surface area (Å²) < 4.78 is 0. The van der Waals surface area contributed by atoms with Crippen molar-refractivity contribution in [1.82, 2.24) is 10.6 Å². The molecule has 0 saturated heterocycles. The second-order valence-electron chi connectivity index (χ2n) is 4.95. The Balaban J connectivity index is 0.00000400. The fourth-order valence-corrected chi connectivity index (χ4v) is 2.23. The van der Waals surface area contributed by atoms with Crippen molar-refractivity contribution in [3.63, 3.8) is 0 Å². The lowest BCUT2D eigenvalue weighted by atomic mass is 10.00. The van der Waals surface area contributed by atoms with Crippen molar-refractivity contribution in [2.45, 2.75) is 26.7 Å². The SMILES string of the molecule is CCNC(=NCC(C)c1cccc(C)c1)NCCSC.I. The van der Waals surface area contributed by atoms with Crippen LogP contribution in [0.15, 0.2) is 29.3 Å². The quantitative estimate of drug-likeness (QED) is 0.306. The number of thioether (sulfide) groups is 1. The van der Waals surface area contributed by atoms with E-state index in [0.29, 0.717) is 5.92 Å². The highest BCUT2D eigenvalue weighted by molar-refractivity contribution is 14.0. The predicted octanol–water partition coefficient (Wildman–Crippen LogP) is 3.63. The first-order valence-electron chi connectivity index (χ1n) is 7.25. The van der Waals surface area contributed by atoms with Crippen LogP contribution < -0.4 is 10.6 Å². The molecule has 0 spiro atoms. The number of aryl methyl sites for hydroxylation is 1. The summed E-state index contributed by atoms with van der Waals surface area (Å²) in [6, 6.07) is 8.68. The van der Waals surface area contributed by atoms with Gasteiger partial charge in [0.15, 0.2) is 5.96 Å². The minimum atomic E-state index is 0. The molecule has 0 saturated carbocycles. The molecule has 0 heterocycles. The lowest BCUT2D eigenvalue weighted by molar-refractivity contribution is 0.753. The van der Waals surface area contributed by atoms with Crippen LogP contribution in [0.25, 0.3) is 0 Å². The van der Waals surface area contributed by atoms with E-state index in [0.717, 1.165) is 31.3 Å². The third kappa shape index (κ3) is 8.56. The Bertz CT molecular complexity index is 424. The molecule has 5 heteroatoms. The molecule has 0 bridgehead atoms. The van der Waals surface area contributed by atoms with Gasteiger partial charge in [-0.1, -0.05) is 36.8 Å². The molecule has 21 heavy (non-hydrogen) atoms. The van der Waals surface area contributed by atoms with E-state index in [1.807, 2.05) is 11.8 Å². The minimum absolute atomic E-state index is 0. The standard InChI is InChI=1S/C16H27N3S.HI/c1-5-17-16(18-9-10-20-4)19-12-14(3)15-8-6-7-13(2)11-15;/h6-8,11,14H,5,9-10,12H2,1-4H3,(H2,17,18,19);1H. The van der Waals surface area contributed by atoms with Crippen molar-refractivity contribution in [2.75, 3.05) is 31.6 Å². The smallest absolute Gasteiger partial charge is 0.191 e. The Labute approximate surface area is 150 Å². The fraction of sp³-hybridized carbons (Fsp3) is 0.562. The van der Waals surface area contributed by atoms with Crippen molar-refractivity contribution in [3.8, 4) is 0 Å². The van der Waals surface area contributed by atoms with Gasteiger partial charge >= 0.3 is 0 Å². The fourth-order valence-electron chi connectivity index (χ4n) is 1.92. The summed E-state index contributed by atoms with van der Waals surface area (Å²) in [4.78, 5) is 4.68. The predicted molar refractivity (Wildman–Crippen MR) is 107 cm³/mol. The van der Waals surface area contributed by atoms with Gasteiger partial charge in [-0.25, -0.2) is 0 Å². The Morgan fingerprint density at radius 2 is 2.10 bits per heavy atom. The number of aliphatic imine (C=N–C) groups is 1. The van der Waals surface area contributed by atoms with Crippen LogP contribution in [0.3, 0.4) is 0 Å². The molecule has 0 radical (unpaired) electrons. The highest BCUT2D eigenvalue weighted by atomic mass is 127. The second kappa shape index (κ2) is 12.1. The summed E-state index contributed by atoms with van der Waals surface area (Å²) in [5.74, 6) is 2.45. The van der Waals surface area contributed by atoms with Crippen molar-refractivity contribution < 1.29 is 0 Å². The molecular weight excluding hydrogens is 393 g/mol. The zero-order chi connectivity index (χ0) is 14.8. The van der Waals surface area contributed by atoms with Crippen molar-refractivity contribution >= 4 is 41.7 Å². The van der Waals surface area contributed by atoms with E-state index in [1.54, 1.807) is 0 Å². The van der Waals surface area contributed by atoms with Crippen LogP contribution in [0, 0.1) is 6.92 Å². The summed E-state index contributed by atoms with van der Waals surface area (Å²) >= 11 is 1.84. The van der Waals surface area contributed by atoms with E-state index in [9.17, 15) is 0 Å². The van der Waals surface area contributed by atoms with Crippen LogP contribution in [0.4, 0.5) is 0 Å². The molecule has 1 unspecified atom stereocenters. The van der Waals surface area contributed by atoms with E-state index in [2.05, 4.69) is 66.9 Å². The molecule has 0 aromatic heterocycles. The molecule has 120 valence electrons. The maximum absolute atomic E-state index is 4.68. The van der Waals surface area contributed by atoms with E-state index in [-0.39, 0.29) is 24.0 Å². The van der Waals surface area contributed by atoms with Crippen LogP contribution >= 0.6 is 35.7 Å². The molecule has 1 aromatic carbocycles. The van der Waals surface area contributed by atoms with Crippen molar-refractivity contribution in [1.29, 1.82) is 0 Å². The molecule has 1 rings (SSSR count). The first-order chi connectivity index (χ1) is 9.67. The summed E-state index contributed by atoms with van der Waals surface area (Å²) in [6.07, 6.45) is 2.12. The first-order valence-corrected chi connectivity index (χ1v) is 8.64. The molecule has 0 aliphatic heterocycles. The van der Waals surface area contributed by atoms with Crippen LogP contribution in [-0.2, 0) is 0 Å². The molecule has 0 fully saturated rings. The number of hydrogen-bond acceptors (Lipinski definition) is 2. The third-order valence-electron chi connectivity index (χ3n) is 3.08. The summed E-state index contributed by atoms with van der Waals surface area (Å²) in [5.41, 5.74) is 2.66. The van der Waals surface area contributed by atoms with Gasteiger partial charge in [-0.15, -0.1) is 24.0 Å². The number of rotatable bonds is 7. The van der Waals surface area contributed by atoms with E-state index >= 15 is 0 Å². The highest BCUT2D eigenvalue weighted by Crippen LogP contribution is 2.16. The van der Waals surface area contributed by atoms with E-state index in [4.69, 9.17) is 0 Å². The van der Waals surface area contributed by atoms with Crippen molar-refractivity contribution in [3.05, 3.63) is 35.4 Å². The van der Waals surface area contributed by atoms with Gasteiger partial charge in [0.05, 0.1) is 0 Å². The maximum atomic E-state index is 4.68. The van der Waals surface area contributed by atoms with E-state index in [1.165, 1.54) is 11.1 Å². The summed E-state index contributed by atoms with van der Waals surface area (Å²) in [7, 11) is 0. The Kier molecular flexibility index (Phi) is 11.9. The largest absolute Gasteiger partial charge is 0.357 e. The van der Waals surface area contributed by atoms with Gasteiger partial charge in [0, 0.05) is 31.3 Å². The zero-order valence-corrected chi connectivity index (χ0v) is 16.6. The number of nitrogens with one attached hydrogen (secondary N) is 2. The number of halogens is 1. The average molecular weight is 421 g/mol. The third-order valence-corrected chi connectivity index (χ3v) is 3.69. The monoisotopic (exact) mass is 421 g/mol. The molecule has 1 aromatic rings. The van der Waals surface area contributed by atoms with Gasteiger partial charge in [-0.3, -0.25) is 4.99 Å². The van der Waals surface area contributed by atoms with Crippen LogP contribution in [0.2, 0.25) is 0 Å². The van der Waals surface area contributed by atoms with Gasteiger partial charge in [0.2, 0.25) is 0 Å². The van der Waals surface area contributed by atoms with Gasteiger partial charge in [-0.2, -0.15) is 11.8 Å². The van der Waals surface area contributed by atoms with Gasteiger partial charge in [-0.05, 0) is 25.7 Å². The molecular formula is C16H28IN3S. The molecule has 0 amide bonds. The highest BCUT2D eigenvalue weighted by Gasteiger charge is 2.05. The van der Waals surface area contributed by atoms with Gasteiger partial charge in [0.1, 0.15) is 0 Å². The molecule has 0 aliphatic carbocycles.